The highest BCUT2D eigenvalue weighted by Crippen LogP contribution is 2.28. The zero-order valence-corrected chi connectivity index (χ0v) is 16.4. The number of hydrogen-bond acceptors (Lipinski definition) is 6. The smallest absolute Gasteiger partial charge is 0.323 e. The minimum absolute atomic E-state index is 0.0852. The fourth-order valence-corrected chi connectivity index (χ4v) is 3.22. The van der Waals surface area contributed by atoms with Crippen molar-refractivity contribution in [2.24, 2.45) is 5.92 Å². The van der Waals surface area contributed by atoms with E-state index < -0.39 is 24.0 Å². The SMILES string of the molecule is CCOC(=O)C(C(=O)OCC)C(O)c1nc2ccccc2n1Cc1ccccc1. The van der Waals surface area contributed by atoms with Gasteiger partial charge >= 0.3 is 11.9 Å². The Morgan fingerprint density at radius 1 is 0.966 bits per heavy atom. The molecule has 0 aliphatic heterocycles. The summed E-state index contributed by atoms with van der Waals surface area (Å²) in [4.78, 5) is 29.4. The number of benzene rings is 2. The zero-order valence-electron chi connectivity index (χ0n) is 16.4. The third-order valence-corrected chi connectivity index (χ3v) is 4.53. The Morgan fingerprint density at radius 3 is 2.17 bits per heavy atom. The Bertz CT molecular complexity index is 965. The minimum atomic E-state index is -1.51. The summed E-state index contributed by atoms with van der Waals surface area (Å²) in [7, 11) is 0. The van der Waals surface area contributed by atoms with Gasteiger partial charge < -0.3 is 19.1 Å². The van der Waals surface area contributed by atoms with Crippen molar-refractivity contribution < 1.29 is 24.2 Å². The lowest BCUT2D eigenvalue weighted by molar-refractivity contribution is -0.167. The van der Waals surface area contributed by atoms with Gasteiger partial charge in [0.15, 0.2) is 5.92 Å². The molecule has 29 heavy (non-hydrogen) atoms. The number of esters is 2. The topological polar surface area (TPSA) is 90.7 Å². The van der Waals surface area contributed by atoms with E-state index in [1.807, 2.05) is 54.6 Å². The van der Waals surface area contributed by atoms with Gasteiger partial charge in [-0.2, -0.15) is 0 Å². The number of aromatic nitrogens is 2. The van der Waals surface area contributed by atoms with Gasteiger partial charge in [-0.1, -0.05) is 42.5 Å². The molecular weight excluding hydrogens is 372 g/mol. The summed E-state index contributed by atoms with van der Waals surface area (Å²) in [6, 6.07) is 17.1. The second-order valence-corrected chi connectivity index (χ2v) is 6.46. The predicted molar refractivity (Wildman–Crippen MR) is 107 cm³/mol. The Hall–Kier alpha value is -3.19. The summed E-state index contributed by atoms with van der Waals surface area (Å²) in [6.07, 6.45) is -1.51. The van der Waals surface area contributed by atoms with Crippen molar-refractivity contribution in [3.63, 3.8) is 0 Å². The molecule has 7 nitrogen and oxygen atoms in total. The Kier molecular flexibility index (Phi) is 6.61. The number of carbonyl (C=O) groups is 2. The van der Waals surface area contributed by atoms with Crippen LogP contribution in [0.2, 0.25) is 0 Å². The molecule has 0 aliphatic rings. The van der Waals surface area contributed by atoms with Crippen molar-refractivity contribution >= 4 is 23.0 Å². The first-order valence-corrected chi connectivity index (χ1v) is 9.57. The molecule has 3 rings (SSSR count). The molecule has 1 heterocycles. The molecule has 0 aliphatic carbocycles. The normalized spacial score (nSPS) is 12.1. The van der Waals surface area contributed by atoms with E-state index in [9.17, 15) is 14.7 Å². The number of nitrogens with zero attached hydrogens (tertiary/aromatic N) is 2. The van der Waals surface area contributed by atoms with Crippen LogP contribution >= 0.6 is 0 Å². The van der Waals surface area contributed by atoms with E-state index in [2.05, 4.69) is 4.98 Å². The summed E-state index contributed by atoms with van der Waals surface area (Å²) < 4.78 is 11.8. The standard InChI is InChI=1S/C22H24N2O5/c1-3-28-21(26)18(22(27)29-4-2)19(25)20-23-16-12-8-9-13-17(16)24(20)14-15-10-6-5-7-11-15/h5-13,18-19,25H,3-4,14H2,1-2H3. The summed E-state index contributed by atoms with van der Waals surface area (Å²) in [5.41, 5.74) is 2.44. The van der Waals surface area contributed by atoms with Gasteiger partial charge in [0, 0.05) is 6.54 Å². The lowest BCUT2D eigenvalue weighted by atomic mass is 10.0. The third-order valence-electron chi connectivity index (χ3n) is 4.53. The first kappa shape index (κ1) is 20.5. The Morgan fingerprint density at radius 2 is 1.55 bits per heavy atom. The number of fused-ring (bicyclic) bond motifs is 1. The van der Waals surface area contributed by atoms with Crippen LogP contribution in [-0.4, -0.2) is 39.8 Å². The number of para-hydroxylation sites is 2. The van der Waals surface area contributed by atoms with Gasteiger partial charge in [0.25, 0.3) is 0 Å². The van der Waals surface area contributed by atoms with Crippen LogP contribution in [0, 0.1) is 5.92 Å². The fraction of sp³-hybridized carbons (Fsp3) is 0.318. The number of aliphatic hydroxyl groups excluding tert-OH is 1. The second kappa shape index (κ2) is 9.34. The molecular formula is C22H24N2O5. The van der Waals surface area contributed by atoms with Crippen molar-refractivity contribution in [3.05, 3.63) is 66.0 Å². The number of carbonyl (C=O) groups excluding carboxylic acids is 2. The van der Waals surface area contributed by atoms with Gasteiger partial charge in [0.05, 0.1) is 24.2 Å². The van der Waals surface area contributed by atoms with Crippen LogP contribution in [0.3, 0.4) is 0 Å². The zero-order chi connectivity index (χ0) is 20.8. The first-order valence-electron chi connectivity index (χ1n) is 9.57. The third kappa shape index (κ3) is 4.46. The van der Waals surface area contributed by atoms with Crippen LogP contribution in [-0.2, 0) is 25.6 Å². The number of imidazole rings is 1. The summed E-state index contributed by atoms with van der Waals surface area (Å²) in [5, 5.41) is 11.0. The van der Waals surface area contributed by atoms with E-state index in [1.54, 1.807) is 18.4 Å². The molecule has 0 radical (unpaired) electrons. The molecule has 7 heteroatoms. The average Bonchev–Trinajstić information content (AvgIpc) is 3.08. The van der Waals surface area contributed by atoms with Crippen LogP contribution in [0.1, 0.15) is 31.3 Å². The van der Waals surface area contributed by atoms with Crippen LogP contribution in [0.25, 0.3) is 11.0 Å². The minimum Gasteiger partial charge on any atom is -0.465 e. The van der Waals surface area contributed by atoms with Crippen molar-refractivity contribution in [2.75, 3.05) is 13.2 Å². The van der Waals surface area contributed by atoms with E-state index in [1.165, 1.54) is 0 Å². The van der Waals surface area contributed by atoms with E-state index in [-0.39, 0.29) is 19.0 Å². The quantitative estimate of drug-likeness (QED) is 0.465. The number of ether oxygens (including phenoxy) is 2. The number of rotatable bonds is 8. The maximum Gasteiger partial charge on any atom is 0.323 e. The van der Waals surface area contributed by atoms with E-state index in [4.69, 9.17) is 9.47 Å². The predicted octanol–water partition coefficient (Wildman–Crippen LogP) is 2.86. The Balaban J connectivity index is 2.07. The van der Waals surface area contributed by atoms with Crippen LogP contribution in [0.15, 0.2) is 54.6 Å². The summed E-state index contributed by atoms with van der Waals surface area (Å²) in [5.74, 6) is -2.98. The molecule has 0 amide bonds. The van der Waals surface area contributed by atoms with E-state index >= 15 is 0 Å². The van der Waals surface area contributed by atoms with Crippen molar-refractivity contribution in [2.45, 2.75) is 26.5 Å². The monoisotopic (exact) mass is 396 g/mol. The highest BCUT2D eigenvalue weighted by atomic mass is 16.6. The molecule has 152 valence electrons. The first-order chi connectivity index (χ1) is 14.1. The van der Waals surface area contributed by atoms with Crippen LogP contribution < -0.4 is 0 Å². The molecule has 1 N–H and O–H groups in total. The van der Waals surface area contributed by atoms with Gasteiger partial charge in [-0.3, -0.25) is 9.59 Å². The van der Waals surface area contributed by atoms with Gasteiger partial charge in [-0.15, -0.1) is 0 Å². The van der Waals surface area contributed by atoms with Crippen molar-refractivity contribution in [1.82, 2.24) is 9.55 Å². The molecule has 1 aromatic heterocycles. The lowest BCUT2D eigenvalue weighted by Gasteiger charge is -2.20. The van der Waals surface area contributed by atoms with Gasteiger partial charge in [0.2, 0.25) is 0 Å². The van der Waals surface area contributed by atoms with Crippen LogP contribution in [0.5, 0.6) is 0 Å². The lowest BCUT2D eigenvalue weighted by Crippen LogP contribution is -2.34. The summed E-state index contributed by atoms with van der Waals surface area (Å²) in [6.45, 7) is 3.87. The Labute approximate surface area is 168 Å². The maximum atomic E-state index is 12.4. The van der Waals surface area contributed by atoms with Crippen molar-refractivity contribution in [3.8, 4) is 0 Å². The number of hydrogen-bond donors (Lipinski definition) is 1. The average molecular weight is 396 g/mol. The molecule has 0 saturated carbocycles. The highest BCUT2D eigenvalue weighted by molar-refractivity contribution is 5.95. The van der Waals surface area contributed by atoms with Crippen LogP contribution in [0.4, 0.5) is 0 Å². The van der Waals surface area contributed by atoms with Gasteiger partial charge in [-0.05, 0) is 31.5 Å². The molecule has 2 aromatic carbocycles. The molecule has 1 unspecified atom stereocenters. The molecule has 1 atom stereocenters. The number of aliphatic hydroxyl groups is 1. The molecule has 0 fully saturated rings. The van der Waals surface area contributed by atoms with E-state index in [0.29, 0.717) is 12.1 Å². The molecule has 0 bridgehead atoms. The second-order valence-electron chi connectivity index (χ2n) is 6.46. The molecule has 0 saturated heterocycles. The fourth-order valence-electron chi connectivity index (χ4n) is 3.22. The maximum absolute atomic E-state index is 12.4. The van der Waals surface area contributed by atoms with Gasteiger partial charge in [0.1, 0.15) is 11.9 Å². The molecule has 0 spiro atoms. The summed E-state index contributed by atoms with van der Waals surface area (Å²) >= 11 is 0. The largest absolute Gasteiger partial charge is 0.465 e. The highest BCUT2D eigenvalue weighted by Gasteiger charge is 2.40. The van der Waals surface area contributed by atoms with Gasteiger partial charge in [-0.25, -0.2) is 4.98 Å². The van der Waals surface area contributed by atoms with Crippen molar-refractivity contribution in [1.29, 1.82) is 0 Å². The van der Waals surface area contributed by atoms with E-state index in [0.717, 1.165) is 11.1 Å². The molecule has 3 aromatic rings.